The number of hydrogen-bond donors (Lipinski definition) is 4. The summed E-state index contributed by atoms with van der Waals surface area (Å²) in [5.41, 5.74) is 9.98. The minimum absolute atomic E-state index is 0.313. The average Bonchev–Trinajstić information content (AvgIpc) is 3.77. The van der Waals surface area contributed by atoms with E-state index in [-0.39, 0.29) is 5.92 Å². The van der Waals surface area contributed by atoms with Gasteiger partial charge in [0.2, 0.25) is 5.89 Å². The van der Waals surface area contributed by atoms with Crippen molar-refractivity contribution in [2.75, 3.05) is 25.0 Å². The molecular weight excluding hydrogens is 642 g/mol. The number of carboxylic acid groups (broad SMARTS) is 1. The van der Waals surface area contributed by atoms with Crippen LogP contribution in [0.3, 0.4) is 0 Å². The summed E-state index contributed by atoms with van der Waals surface area (Å²) in [5, 5.41) is 36.5. The van der Waals surface area contributed by atoms with Crippen LogP contribution >= 0.6 is 0 Å². The molecule has 1 saturated heterocycles. The van der Waals surface area contributed by atoms with Crippen molar-refractivity contribution in [3.05, 3.63) is 101 Å². The van der Waals surface area contributed by atoms with Crippen LogP contribution in [0, 0.1) is 31.1 Å². The Morgan fingerprint density at radius 3 is 2.61 bits per heavy atom. The first kappa shape index (κ1) is 33.8. The second-order valence-electron chi connectivity index (χ2n) is 13.3. The van der Waals surface area contributed by atoms with Crippen molar-refractivity contribution in [2.45, 2.75) is 46.4 Å². The molecule has 0 bridgehead atoms. The van der Waals surface area contributed by atoms with Crippen molar-refractivity contribution in [1.82, 2.24) is 25.2 Å². The van der Waals surface area contributed by atoms with Gasteiger partial charge in [-0.1, -0.05) is 24.3 Å². The summed E-state index contributed by atoms with van der Waals surface area (Å²) in [6.45, 7) is 8.76. The zero-order chi connectivity index (χ0) is 35.6. The zero-order valence-electron chi connectivity index (χ0n) is 28.8. The highest BCUT2D eigenvalue weighted by atomic mass is 16.4. The maximum Gasteiger partial charge on any atom is 0.307 e. The van der Waals surface area contributed by atoms with E-state index in [9.17, 15) is 20.3 Å². The lowest BCUT2D eigenvalue weighted by Gasteiger charge is -2.17. The first-order valence-corrected chi connectivity index (χ1v) is 17.1. The number of nitriles is 1. The van der Waals surface area contributed by atoms with E-state index in [1.165, 1.54) is 0 Å². The highest BCUT2D eigenvalue weighted by Gasteiger charge is 2.28. The van der Waals surface area contributed by atoms with Gasteiger partial charge >= 0.3 is 5.97 Å². The lowest BCUT2D eigenvalue weighted by molar-refractivity contribution is -0.141. The maximum atomic E-state index is 11.4. The minimum atomic E-state index is -0.732. The van der Waals surface area contributed by atoms with Crippen LogP contribution in [-0.4, -0.2) is 61.8 Å². The summed E-state index contributed by atoms with van der Waals surface area (Å²) in [5.74, 6) is 0.0492. The van der Waals surface area contributed by atoms with E-state index in [2.05, 4.69) is 51.7 Å². The quantitative estimate of drug-likeness (QED) is 0.115. The number of carbonyl (C=O) groups is 1. The Balaban J connectivity index is 1.15. The Morgan fingerprint density at radius 2 is 1.84 bits per heavy atom. The summed E-state index contributed by atoms with van der Waals surface area (Å²) < 4.78 is 6.23. The van der Waals surface area contributed by atoms with E-state index >= 15 is 0 Å². The summed E-state index contributed by atoms with van der Waals surface area (Å²) >= 11 is 0. The van der Waals surface area contributed by atoms with Crippen molar-refractivity contribution in [2.24, 2.45) is 5.92 Å². The van der Waals surface area contributed by atoms with Crippen LogP contribution in [0.1, 0.15) is 41.2 Å². The summed E-state index contributed by atoms with van der Waals surface area (Å²) in [7, 11) is 0. The fourth-order valence-corrected chi connectivity index (χ4v) is 6.89. The number of carboxylic acids is 1. The van der Waals surface area contributed by atoms with Gasteiger partial charge in [-0.05, 0) is 104 Å². The normalized spacial score (nSPS) is 15.3. The maximum absolute atomic E-state index is 11.4. The number of aliphatic hydroxyl groups is 1. The molecule has 51 heavy (non-hydrogen) atoms. The number of oxazole rings is 1. The number of hydrogen-bond acceptors (Lipinski definition) is 10. The van der Waals surface area contributed by atoms with E-state index in [1.54, 1.807) is 19.2 Å². The molecule has 1 fully saturated rings. The van der Waals surface area contributed by atoms with Gasteiger partial charge in [0, 0.05) is 55.2 Å². The Morgan fingerprint density at radius 1 is 1.06 bits per heavy atom. The van der Waals surface area contributed by atoms with Crippen LogP contribution in [0.2, 0.25) is 0 Å². The van der Waals surface area contributed by atoms with Gasteiger partial charge in [0.05, 0.1) is 17.6 Å². The average molecular weight is 682 g/mol. The minimum Gasteiger partial charge on any atom is -0.481 e. The van der Waals surface area contributed by atoms with Crippen molar-refractivity contribution in [3.63, 3.8) is 0 Å². The monoisotopic (exact) mass is 681 g/mol. The smallest absolute Gasteiger partial charge is 0.307 e. The number of benzene rings is 3. The van der Waals surface area contributed by atoms with Crippen LogP contribution in [0.25, 0.3) is 44.6 Å². The second kappa shape index (κ2) is 14.3. The van der Waals surface area contributed by atoms with Crippen molar-refractivity contribution in [1.29, 1.82) is 5.26 Å². The zero-order valence-corrected chi connectivity index (χ0v) is 28.8. The number of rotatable bonds is 11. The number of anilines is 2. The third-order valence-corrected chi connectivity index (χ3v) is 9.56. The molecule has 3 aromatic carbocycles. The predicted octanol–water partition coefficient (Wildman–Crippen LogP) is 6.71. The standard InChI is InChI=1S/C40H39N7O4/c1-23(48)18-42-19-26-14-30(17-41)37-35(16-26)46-39(51-37)33-8-4-6-31(24(33)2)32-7-5-9-34(25(32)3)45-38-36-28(10-12-43-38)15-27(20-44-36)21-47-13-11-29(22-47)40(49)50/h4-10,12,14-16,20,23,29,42,48H,11,13,18-19,21-22H2,1-3H3,(H,43,45)(H,49,50)/t23?,29-/m1/s1. The molecule has 1 aliphatic heterocycles. The molecule has 4 heterocycles. The van der Waals surface area contributed by atoms with Crippen LogP contribution in [0.15, 0.2) is 77.5 Å². The van der Waals surface area contributed by atoms with Gasteiger partial charge in [-0.3, -0.25) is 14.7 Å². The fraction of sp³-hybridized carbons (Fsp3) is 0.275. The first-order chi connectivity index (χ1) is 24.7. The number of aliphatic carboxylic acids is 1. The lowest BCUT2D eigenvalue weighted by atomic mass is 9.93. The van der Waals surface area contributed by atoms with Gasteiger partial charge in [0.1, 0.15) is 17.1 Å². The molecule has 1 aliphatic rings. The molecule has 0 spiro atoms. The molecule has 4 N–H and O–H groups in total. The number of nitrogens with zero attached hydrogens (tertiary/aromatic N) is 5. The molecule has 0 saturated carbocycles. The van der Waals surface area contributed by atoms with Crippen molar-refractivity contribution in [3.8, 4) is 28.7 Å². The largest absolute Gasteiger partial charge is 0.481 e. The first-order valence-electron chi connectivity index (χ1n) is 17.1. The molecule has 7 rings (SSSR count). The Labute approximate surface area is 295 Å². The van der Waals surface area contributed by atoms with E-state index < -0.39 is 12.1 Å². The number of aliphatic hydroxyl groups excluding tert-OH is 1. The molecule has 3 aromatic heterocycles. The van der Waals surface area contributed by atoms with Crippen LogP contribution in [0.5, 0.6) is 0 Å². The molecule has 11 heteroatoms. The molecule has 258 valence electrons. The van der Waals surface area contributed by atoms with Crippen LogP contribution in [0.4, 0.5) is 11.5 Å². The van der Waals surface area contributed by atoms with E-state index in [1.807, 2.05) is 49.5 Å². The summed E-state index contributed by atoms with van der Waals surface area (Å²) in [4.78, 5) is 27.8. The van der Waals surface area contributed by atoms with E-state index in [0.29, 0.717) is 61.0 Å². The Hall–Kier alpha value is -5.67. The highest BCUT2D eigenvalue weighted by Crippen LogP contribution is 2.37. The molecule has 2 atom stereocenters. The Kier molecular flexibility index (Phi) is 9.47. The van der Waals surface area contributed by atoms with Gasteiger partial charge in [0.25, 0.3) is 0 Å². The fourth-order valence-electron chi connectivity index (χ4n) is 6.89. The third kappa shape index (κ3) is 7.03. The van der Waals surface area contributed by atoms with Gasteiger partial charge in [-0.15, -0.1) is 0 Å². The van der Waals surface area contributed by atoms with E-state index in [0.717, 1.165) is 62.1 Å². The summed E-state index contributed by atoms with van der Waals surface area (Å²) in [6, 6.07) is 22.2. The number of fused-ring (bicyclic) bond motifs is 2. The number of likely N-dealkylation sites (tertiary alicyclic amines) is 1. The van der Waals surface area contributed by atoms with Gasteiger partial charge in [-0.2, -0.15) is 5.26 Å². The third-order valence-electron chi connectivity index (χ3n) is 9.56. The lowest BCUT2D eigenvalue weighted by Crippen LogP contribution is -2.23. The number of aromatic nitrogens is 3. The van der Waals surface area contributed by atoms with Crippen LogP contribution < -0.4 is 10.6 Å². The second-order valence-corrected chi connectivity index (χ2v) is 13.3. The van der Waals surface area contributed by atoms with Crippen molar-refractivity contribution < 1.29 is 19.4 Å². The number of pyridine rings is 2. The molecule has 0 amide bonds. The molecule has 1 unspecified atom stereocenters. The molecule has 6 aromatic rings. The molecule has 0 radical (unpaired) electrons. The van der Waals surface area contributed by atoms with Gasteiger partial charge in [0.15, 0.2) is 11.4 Å². The molecular formula is C40H39N7O4. The SMILES string of the molecule is Cc1c(Nc2nccc3cc(CN4CC[C@@H](C(=O)O)C4)cnc23)cccc1-c1cccc(-c2nc3cc(CNCC(C)O)cc(C#N)c3o2)c1C. The molecule has 11 nitrogen and oxygen atoms in total. The van der Waals surface area contributed by atoms with Gasteiger partial charge in [-0.25, -0.2) is 9.97 Å². The molecule has 0 aliphatic carbocycles. The summed E-state index contributed by atoms with van der Waals surface area (Å²) in [6.07, 6.45) is 3.82. The van der Waals surface area contributed by atoms with Crippen molar-refractivity contribution >= 4 is 39.5 Å². The predicted molar refractivity (Wildman–Crippen MR) is 196 cm³/mol. The Bertz CT molecular complexity index is 2310. The topological polar surface area (TPSA) is 160 Å². The van der Waals surface area contributed by atoms with Gasteiger partial charge < -0.3 is 25.3 Å². The van der Waals surface area contributed by atoms with E-state index in [4.69, 9.17) is 14.4 Å². The number of nitrogens with one attached hydrogen (secondary N) is 2. The van der Waals surface area contributed by atoms with Crippen LogP contribution in [-0.2, 0) is 17.9 Å². The highest BCUT2D eigenvalue weighted by molar-refractivity contribution is 5.91.